The molecule has 8 heteroatoms. The maximum absolute atomic E-state index is 12.3. The van der Waals surface area contributed by atoms with Crippen molar-refractivity contribution in [3.8, 4) is 0 Å². The minimum absolute atomic E-state index is 0.288. The van der Waals surface area contributed by atoms with E-state index in [-0.39, 0.29) is 5.56 Å². The fourth-order valence-electron chi connectivity index (χ4n) is 2.53. The highest BCUT2D eigenvalue weighted by atomic mass is 16.7. The summed E-state index contributed by atoms with van der Waals surface area (Å²) in [6.07, 6.45) is -5.84. The summed E-state index contributed by atoms with van der Waals surface area (Å²) < 4.78 is 20.9. The normalized spacial score (nSPS) is 29.8. The molecule has 24 heavy (non-hydrogen) atoms. The highest BCUT2D eigenvalue weighted by molar-refractivity contribution is 5.89. The maximum atomic E-state index is 12.3. The molecule has 0 aromatic heterocycles. The van der Waals surface area contributed by atoms with Crippen LogP contribution in [0.3, 0.4) is 0 Å². The summed E-state index contributed by atoms with van der Waals surface area (Å²) in [6.45, 7) is 0.636. The molecule has 5 atom stereocenters. The molecule has 0 amide bonds. The zero-order valence-corrected chi connectivity index (χ0v) is 13.3. The Morgan fingerprint density at radius 1 is 1.12 bits per heavy atom. The molecule has 0 bridgehead atoms. The van der Waals surface area contributed by atoms with Gasteiger partial charge in [-0.2, -0.15) is 0 Å². The van der Waals surface area contributed by atoms with Gasteiger partial charge in [-0.1, -0.05) is 18.2 Å². The van der Waals surface area contributed by atoms with Gasteiger partial charge in [-0.25, -0.2) is 4.79 Å². The molecule has 1 heterocycles. The highest BCUT2D eigenvalue weighted by Crippen LogP contribution is 2.27. The number of hydrogen-bond donors (Lipinski definition) is 2. The molecule has 132 valence electrons. The molecule has 8 nitrogen and oxygen atoms in total. The maximum Gasteiger partial charge on any atom is 0.338 e. The van der Waals surface area contributed by atoms with Crippen molar-refractivity contribution < 1.29 is 38.7 Å². The number of esters is 2. The van der Waals surface area contributed by atoms with Crippen LogP contribution in [0.1, 0.15) is 17.3 Å². The SMILES string of the molecule is CO[C@H]1[C@H](OC(C)=O)[C@H](OC(=O)c2ccccc2)[C@@H](CO)O[C@@H]1O. The summed E-state index contributed by atoms with van der Waals surface area (Å²) in [5.74, 6) is -1.32. The predicted octanol–water partition coefficient (Wildman–Crippen LogP) is -0.132. The minimum atomic E-state index is -1.44. The lowest BCUT2D eigenvalue weighted by molar-refractivity contribution is -0.293. The topological polar surface area (TPSA) is 112 Å². The number of hydrogen-bond acceptors (Lipinski definition) is 8. The Hall–Kier alpha value is -2.00. The fraction of sp³-hybridized carbons (Fsp3) is 0.500. The van der Waals surface area contributed by atoms with Crippen LogP contribution in [-0.2, 0) is 23.7 Å². The number of aliphatic hydroxyl groups is 2. The van der Waals surface area contributed by atoms with Crippen molar-refractivity contribution in [1.29, 1.82) is 0 Å². The Bertz CT molecular complexity index is 560. The number of methoxy groups -OCH3 is 1. The van der Waals surface area contributed by atoms with E-state index in [1.165, 1.54) is 14.0 Å². The first-order valence-electron chi connectivity index (χ1n) is 7.38. The van der Waals surface area contributed by atoms with Crippen molar-refractivity contribution in [1.82, 2.24) is 0 Å². The van der Waals surface area contributed by atoms with Gasteiger partial charge in [0, 0.05) is 14.0 Å². The fourth-order valence-corrected chi connectivity index (χ4v) is 2.53. The van der Waals surface area contributed by atoms with Crippen LogP contribution in [0.2, 0.25) is 0 Å². The molecule has 0 unspecified atom stereocenters. The Balaban J connectivity index is 2.25. The molecule has 0 saturated carbocycles. The van der Waals surface area contributed by atoms with Crippen LogP contribution < -0.4 is 0 Å². The molecule has 0 radical (unpaired) electrons. The van der Waals surface area contributed by atoms with Gasteiger partial charge in [0.25, 0.3) is 0 Å². The molecule has 1 aromatic carbocycles. The van der Waals surface area contributed by atoms with Gasteiger partial charge in [-0.15, -0.1) is 0 Å². The van der Waals surface area contributed by atoms with Crippen molar-refractivity contribution in [3.05, 3.63) is 35.9 Å². The van der Waals surface area contributed by atoms with Gasteiger partial charge in [-0.3, -0.25) is 4.79 Å². The average Bonchev–Trinajstić information content (AvgIpc) is 2.57. The third kappa shape index (κ3) is 4.09. The zero-order valence-electron chi connectivity index (χ0n) is 13.3. The van der Waals surface area contributed by atoms with Crippen LogP contribution in [0.5, 0.6) is 0 Å². The van der Waals surface area contributed by atoms with Gasteiger partial charge < -0.3 is 29.2 Å². The van der Waals surface area contributed by atoms with E-state index in [0.29, 0.717) is 0 Å². The second-order valence-electron chi connectivity index (χ2n) is 5.26. The summed E-state index contributed by atoms with van der Waals surface area (Å²) in [5.41, 5.74) is 0.288. The van der Waals surface area contributed by atoms with Crippen molar-refractivity contribution in [2.75, 3.05) is 13.7 Å². The molecule has 0 spiro atoms. The number of ether oxygens (including phenoxy) is 4. The Kier molecular flexibility index (Phi) is 6.27. The molecule has 2 N–H and O–H groups in total. The number of carbonyl (C=O) groups excluding carboxylic acids is 2. The Morgan fingerprint density at radius 3 is 2.33 bits per heavy atom. The highest BCUT2D eigenvalue weighted by Gasteiger charge is 2.49. The quantitative estimate of drug-likeness (QED) is 0.713. The van der Waals surface area contributed by atoms with Crippen LogP contribution in [0, 0.1) is 0 Å². The summed E-state index contributed by atoms with van der Waals surface area (Å²) in [7, 11) is 1.29. The minimum Gasteiger partial charge on any atom is -0.455 e. The lowest BCUT2D eigenvalue weighted by Gasteiger charge is -2.42. The third-order valence-corrected chi connectivity index (χ3v) is 3.62. The summed E-state index contributed by atoms with van der Waals surface area (Å²) in [4.78, 5) is 23.7. The second kappa shape index (κ2) is 8.20. The molecular weight excluding hydrogens is 320 g/mol. The summed E-state index contributed by atoms with van der Waals surface area (Å²) in [6, 6.07) is 8.20. The summed E-state index contributed by atoms with van der Waals surface area (Å²) in [5, 5.41) is 19.4. The molecule has 1 fully saturated rings. The van der Waals surface area contributed by atoms with Crippen LogP contribution in [0.4, 0.5) is 0 Å². The van der Waals surface area contributed by atoms with Crippen LogP contribution in [0.25, 0.3) is 0 Å². The molecule has 1 aromatic rings. The van der Waals surface area contributed by atoms with Crippen LogP contribution >= 0.6 is 0 Å². The van der Waals surface area contributed by atoms with Crippen molar-refractivity contribution >= 4 is 11.9 Å². The molecule has 0 aliphatic carbocycles. The van der Waals surface area contributed by atoms with E-state index in [9.17, 15) is 19.8 Å². The largest absolute Gasteiger partial charge is 0.455 e. The predicted molar refractivity (Wildman–Crippen MR) is 80.0 cm³/mol. The number of benzene rings is 1. The zero-order chi connectivity index (χ0) is 17.7. The van der Waals surface area contributed by atoms with Gasteiger partial charge in [0.1, 0.15) is 12.2 Å². The van der Waals surface area contributed by atoms with E-state index in [0.717, 1.165) is 0 Å². The van der Waals surface area contributed by atoms with Gasteiger partial charge >= 0.3 is 11.9 Å². The number of carbonyl (C=O) groups is 2. The molecular formula is C16H20O8. The van der Waals surface area contributed by atoms with E-state index in [1.807, 2.05) is 0 Å². The molecule has 1 saturated heterocycles. The Morgan fingerprint density at radius 2 is 1.79 bits per heavy atom. The standard InChI is InChI=1S/C16H20O8/c1-9(18)22-13-12(11(8-17)23-16(20)14(13)21-2)24-15(19)10-6-4-3-5-7-10/h3-7,11-14,16-17,20H,8H2,1-2H3/t11-,12-,13-,14+,16+/m1/s1. The van der Waals surface area contributed by atoms with Crippen molar-refractivity contribution in [2.45, 2.75) is 37.6 Å². The average molecular weight is 340 g/mol. The van der Waals surface area contributed by atoms with Crippen molar-refractivity contribution in [3.63, 3.8) is 0 Å². The molecule has 1 aliphatic heterocycles. The van der Waals surface area contributed by atoms with Gasteiger partial charge in [0.05, 0.1) is 12.2 Å². The van der Waals surface area contributed by atoms with E-state index in [2.05, 4.69) is 0 Å². The van der Waals surface area contributed by atoms with Gasteiger partial charge in [0.2, 0.25) is 0 Å². The van der Waals surface area contributed by atoms with Gasteiger partial charge in [-0.05, 0) is 12.1 Å². The first-order chi connectivity index (χ1) is 11.5. The lowest BCUT2D eigenvalue weighted by Crippen LogP contribution is -2.61. The third-order valence-electron chi connectivity index (χ3n) is 3.62. The second-order valence-corrected chi connectivity index (χ2v) is 5.26. The summed E-state index contributed by atoms with van der Waals surface area (Å²) >= 11 is 0. The molecule has 1 aliphatic rings. The molecule has 2 rings (SSSR count). The van der Waals surface area contributed by atoms with Crippen molar-refractivity contribution in [2.24, 2.45) is 0 Å². The van der Waals surface area contributed by atoms with E-state index >= 15 is 0 Å². The first-order valence-corrected chi connectivity index (χ1v) is 7.38. The first kappa shape index (κ1) is 18.3. The van der Waals surface area contributed by atoms with E-state index < -0.39 is 49.3 Å². The smallest absolute Gasteiger partial charge is 0.338 e. The van der Waals surface area contributed by atoms with Gasteiger partial charge in [0.15, 0.2) is 18.5 Å². The monoisotopic (exact) mass is 340 g/mol. The Labute approximate surface area is 138 Å². The van der Waals surface area contributed by atoms with E-state index in [1.54, 1.807) is 30.3 Å². The van der Waals surface area contributed by atoms with Crippen LogP contribution in [0.15, 0.2) is 30.3 Å². The number of rotatable bonds is 5. The lowest BCUT2D eigenvalue weighted by atomic mass is 9.98. The number of aliphatic hydroxyl groups excluding tert-OH is 2. The van der Waals surface area contributed by atoms with E-state index in [4.69, 9.17) is 18.9 Å². The van der Waals surface area contributed by atoms with Crippen LogP contribution in [-0.4, -0.2) is 66.6 Å².